The summed E-state index contributed by atoms with van der Waals surface area (Å²) in [6.45, 7) is 3.29. The van der Waals surface area contributed by atoms with Gasteiger partial charge in [-0.3, -0.25) is 0 Å². The minimum atomic E-state index is 0.237. The lowest BCUT2D eigenvalue weighted by Gasteiger charge is -2.25. The predicted octanol–water partition coefficient (Wildman–Crippen LogP) is 4.83. The van der Waals surface area contributed by atoms with Crippen molar-refractivity contribution in [2.75, 3.05) is 18.5 Å². The molecule has 0 bridgehead atoms. The zero-order valence-electron chi connectivity index (χ0n) is 17.8. The van der Waals surface area contributed by atoms with Crippen LogP contribution in [0.4, 0.5) is 5.95 Å². The minimum Gasteiger partial charge on any atom is -0.492 e. The van der Waals surface area contributed by atoms with Crippen LogP contribution >= 0.6 is 0 Å². The Bertz CT molecular complexity index is 1020. The number of nitrogens with one attached hydrogen (secondary N) is 1. The molecule has 3 aromatic rings. The van der Waals surface area contributed by atoms with E-state index in [2.05, 4.69) is 46.6 Å². The SMILES string of the molecule is CCCc1ccc(OCCNc2ncc3c(n2)CC(c2ccccc2)C/C3=N\O)cc1. The van der Waals surface area contributed by atoms with Gasteiger partial charge in [0.15, 0.2) is 0 Å². The molecule has 6 heteroatoms. The highest BCUT2D eigenvalue weighted by Crippen LogP contribution is 2.32. The Morgan fingerprint density at radius 2 is 1.90 bits per heavy atom. The fraction of sp³-hybridized carbons (Fsp3) is 0.320. The van der Waals surface area contributed by atoms with Crippen LogP contribution in [0, 0.1) is 0 Å². The van der Waals surface area contributed by atoms with Crippen molar-refractivity contribution in [3.63, 3.8) is 0 Å². The quantitative estimate of drug-likeness (QED) is 0.312. The van der Waals surface area contributed by atoms with Gasteiger partial charge in [0.25, 0.3) is 0 Å². The van der Waals surface area contributed by atoms with Crippen molar-refractivity contribution in [1.82, 2.24) is 9.97 Å². The number of fused-ring (bicyclic) bond motifs is 1. The van der Waals surface area contributed by atoms with Gasteiger partial charge in [0.2, 0.25) is 5.95 Å². The third-order valence-electron chi connectivity index (χ3n) is 5.57. The van der Waals surface area contributed by atoms with Gasteiger partial charge in [0.05, 0.1) is 18.0 Å². The number of aryl methyl sites for hydroxylation is 1. The first kappa shape index (κ1) is 20.8. The van der Waals surface area contributed by atoms with Crippen LogP contribution in [-0.4, -0.2) is 34.0 Å². The highest BCUT2D eigenvalue weighted by molar-refractivity contribution is 6.02. The standard InChI is InChI=1S/C25H28N4O2/c1-2-6-18-9-11-21(12-10-18)31-14-13-26-25-27-17-22-23(28-25)15-20(16-24(22)29-30)19-7-4-3-5-8-19/h3-5,7-12,17,20,30H,2,6,13-16H2,1H3,(H,26,27,28)/b29-24+. The Labute approximate surface area is 183 Å². The summed E-state index contributed by atoms with van der Waals surface area (Å²) < 4.78 is 5.81. The lowest BCUT2D eigenvalue weighted by molar-refractivity contribution is 0.316. The number of hydrogen-bond acceptors (Lipinski definition) is 6. The van der Waals surface area contributed by atoms with Gasteiger partial charge in [-0.25, -0.2) is 9.97 Å². The number of anilines is 1. The Morgan fingerprint density at radius 1 is 1.10 bits per heavy atom. The van der Waals surface area contributed by atoms with Gasteiger partial charge in [0.1, 0.15) is 12.4 Å². The number of rotatable bonds is 8. The zero-order chi connectivity index (χ0) is 21.5. The van der Waals surface area contributed by atoms with E-state index in [0.29, 0.717) is 31.2 Å². The lowest BCUT2D eigenvalue weighted by Crippen LogP contribution is -2.22. The lowest BCUT2D eigenvalue weighted by atomic mass is 9.82. The van der Waals surface area contributed by atoms with E-state index in [4.69, 9.17) is 9.72 Å². The van der Waals surface area contributed by atoms with Crippen LogP contribution in [0.2, 0.25) is 0 Å². The van der Waals surface area contributed by atoms with Crippen molar-refractivity contribution < 1.29 is 9.94 Å². The van der Waals surface area contributed by atoms with Crippen LogP contribution in [0.1, 0.15) is 48.1 Å². The average Bonchev–Trinajstić information content (AvgIpc) is 2.82. The van der Waals surface area contributed by atoms with E-state index in [9.17, 15) is 5.21 Å². The molecule has 160 valence electrons. The van der Waals surface area contributed by atoms with Crippen LogP contribution in [0.25, 0.3) is 0 Å². The number of benzene rings is 2. The molecule has 4 rings (SSSR count). The van der Waals surface area contributed by atoms with Crippen LogP contribution in [0.15, 0.2) is 65.9 Å². The summed E-state index contributed by atoms with van der Waals surface area (Å²) in [5, 5.41) is 16.3. The zero-order valence-corrected chi connectivity index (χ0v) is 17.8. The monoisotopic (exact) mass is 416 g/mol. The van der Waals surface area contributed by atoms with Crippen LogP contribution in [0.5, 0.6) is 5.75 Å². The second kappa shape index (κ2) is 10.1. The molecule has 31 heavy (non-hydrogen) atoms. The molecule has 1 aromatic heterocycles. The molecule has 2 aromatic carbocycles. The third-order valence-corrected chi connectivity index (χ3v) is 5.57. The first-order valence-corrected chi connectivity index (χ1v) is 10.8. The van der Waals surface area contributed by atoms with Crippen molar-refractivity contribution in [3.8, 4) is 5.75 Å². The molecule has 0 saturated heterocycles. The summed E-state index contributed by atoms with van der Waals surface area (Å²) in [6.07, 6.45) is 5.44. The van der Waals surface area contributed by atoms with E-state index in [1.165, 1.54) is 11.1 Å². The van der Waals surface area contributed by atoms with Crippen LogP contribution in [0.3, 0.4) is 0 Å². The smallest absolute Gasteiger partial charge is 0.223 e. The molecule has 1 aliphatic carbocycles. The molecule has 1 heterocycles. The molecule has 0 aliphatic heterocycles. The summed E-state index contributed by atoms with van der Waals surface area (Å²) in [6, 6.07) is 18.5. The molecule has 0 radical (unpaired) electrons. The van der Waals surface area contributed by atoms with Gasteiger partial charge in [0, 0.05) is 18.2 Å². The molecule has 0 spiro atoms. The molecule has 0 amide bonds. The summed E-state index contributed by atoms with van der Waals surface area (Å²) in [7, 11) is 0. The maximum Gasteiger partial charge on any atom is 0.223 e. The molecule has 1 unspecified atom stereocenters. The highest BCUT2D eigenvalue weighted by atomic mass is 16.5. The predicted molar refractivity (Wildman–Crippen MR) is 122 cm³/mol. The van der Waals surface area contributed by atoms with Crippen molar-refractivity contribution in [1.29, 1.82) is 0 Å². The second-order valence-electron chi connectivity index (χ2n) is 7.79. The van der Waals surface area contributed by atoms with Crippen molar-refractivity contribution in [2.24, 2.45) is 5.16 Å². The number of nitrogens with zero attached hydrogens (tertiary/aromatic N) is 3. The van der Waals surface area contributed by atoms with Gasteiger partial charge in [-0.15, -0.1) is 0 Å². The van der Waals surface area contributed by atoms with Crippen molar-refractivity contribution in [2.45, 2.75) is 38.5 Å². The van der Waals surface area contributed by atoms with Gasteiger partial charge >= 0.3 is 0 Å². The van der Waals surface area contributed by atoms with E-state index < -0.39 is 0 Å². The van der Waals surface area contributed by atoms with Crippen LogP contribution < -0.4 is 10.1 Å². The molecule has 0 fully saturated rings. The fourth-order valence-corrected chi connectivity index (χ4v) is 3.98. The molecule has 0 saturated carbocycles. The minimum absolute atomic E-state index is 0.237. The number of hydrogen-bond donors (Lipinski definition) is 2. The first-order chi connectivity index (χ1) is 15.3. The summed E-state index contributed by atoms with van der Waals surface area (Å²) in [5.74, 6) is 1.66. The van der Waals surface area contributed by atoms with Gasteiger partial charge in [-0.2, -0.15) is 0 Å². The maximum absolute atomic E-state index is 9.50. The summed E-state index contributed by atoms with van der Waals surface area (Å²) in [5.41, 5.74) is 4.91. The summed E-state index contributed by atoms with van der Waals surface area (Å²) in [4.78, 5) is 9.09. The molecular formula is C25H28N4O2. The maximum atomic E-state index is 9.50. The topological polar surface area (TPSA) is 79.6 Å². The normalized spacial score (nSPS) is 16.7. The fourth-order valence-electron chi connectivity index (χ4n) is 3.98. The number of oxime groups is 1. The van der Waals surface area contributed by atoms with E-state index in [-0.39, 0.29) is 5.92 Å². The Hall–Kier alpha value is -3.41. The van der Waals surface area contributed by atoms with Gasteiger partial charge in [-0.1, -0.05) is 61.0 Å². The Kier molecular flexibility index (Phi) is 6.77. The van der Waals surface area contributed by atoms with Crippen LogP contribution in [-0.2, 0) is 12.8 Å². The number of aromatic nitrogens is 2. The van der Waals surface area contributed by atoms with Crippen molar-refractivity contribution in [3.05, 3.63) is 83.2 Å². The molecular weight excluding hydrogens is 388 g/mol. The third kappa shape index (κ3) is 5.20. The van der Waals surface area contributed by atoms with E-state index in [0.717, 1.165) is 36.3 Å². The first-order valence-electron chi connectivity index (χ1n) is 10.8. The molecule has 1 aliphatic rings. The van der Waals surface area contributed by atoms with E-state index in [1.807, 2.05) is 30.3 Å². The van der Waals surface area contributed by atoms with Gasteiger partial charge < -0.3 is 15.3 Å². The molecule has 6 nitrogen and oxygen atoms in total. The van der Waals surface area contributed by atoms with Gasteiger partial charge in [-0.05, 0) is 42.0 Å². The molecule has 2 N–H and O–H groups in total. The second-order valence-corrected chi connectivity index (χ2v) is 7.79. The molecule has 1 atom stereocenters. The average molecular weight is 417 g/mol. The Morgan fingerprint density at radius 3 is 2.65 bits per heavy atom. The summed E-state index contributed by atoms with van der Waals surface area (Å²) >= 11 is 0. The van der Waals surface area contributed by atoms with E-state index in [1.54, 1.807) is 6.20 Å². The number of ether oxygens (including phenoxy) is 1. The van der Waals surface area contributed by atoms with Crippen molar-refractivity contribution >= 4 is 11.7 Å². The highest BCUT2D eigenvalue weighted by Gasteiger charge is 2.27. The largest absolute Gasteiger partial charge is 0.492 e. The Balaban J connectivity index is 1.36. The van der Waals surface area contributed by atoms with E-state index >= 15 is 0 Å².